The van der Waals surface area contributed by atoms with Crippen LogP contribution in [0.3, 0.4) is 0 Å². The van der Waals surface area contributed by atoms with E-state index < -0.39 is 6.61 Å². The van der Waals surface area contributed by atoms with E-state index in [0.717, 1.165) is 5.56 Å². The van der Waals surface area contributed by atoms with E-state index in [-0.39, 0.29) is 24.0 Å². The van der Waals surface area contributed by atoms with E-state index in [4.69, 9.17) is 16.3 Å². The van der Waals surface area contributed by atoms with E-state index in [1.54, 1.807) is 36.1 Å². The van der Waals surface area contributed by atoms with Crippen molar-refractivity contribution in [1.29, 1.82) is 0 Å². The van der Waals surface area contributed by atoms with Crippen molar-refractivity contribution in [3.8, 4) is 11.5 Å². The van der Waals surface area contributed by atoms with Crippen molar-refractivity contribution in [2.75, 3.05) is 11.9 Å². The summed E-state index contributed by atoms with van der Waals surface area (Å²) in [6, 6.07) is 11.2. The third-order valence-electron chi connectivity index (χ3n) is 3.88. The maximum atomic E-state index is 12.5. The first-order valence-corrected chi connectivity index (χ1v) is 9.12. The minimum absolute atomic E-state index is 0.0945. The molecule has 3 rings (SSSR count). The van der Waals surface area contributed by atoms with Gasteiger partial charge in [0.25, 0.3) is 5.91 Å². The standard InChI is InChI=1S/C20H18ClF2N3O3/c1-2-28-18-9-16(7-8-17(18)29-20(22)23)25-19(27)14-5-3-13(4-6-14)11-26-12-15(21)10-24-26/h3-10,12,20H,2,11H2,1H3,(H,25,27). The van der Waals surface area contributed by atoms with E-state index >= 15 is 0 Å². The van der Waals surface area contributed by atoms with E-state index in [0.29, 0.717) is 22.8 Å². The smallest absolute Gasteiger partial charge is 0.387 e. The molecule has 0 fully saturated rings. The maximum absolute atomic E-state index is 12.5. The summed E-state index contributed by atoms with van der Waals surface area (Å²) < 4.78 is 36.4. The number of aromatic nitrogens is 2. The topological polar surface area (TPSA) is 65.4 Å². The zero-order chi connectivity index (χ0) is 20.8. The molecule has 0 unspecified atom stereocenters. The lowest BCUT2D eigenvalue weighted by molar-refractivity contribution is -0.0514. The average Bonchev–Trinajstić information content (AvgIpc) is 3.09. The number of anilines is 1. The molecule has 0 aliphatic carbocycles. The summed E-state index contributed by atoms with van der Waals surface area (Å²) in [6.45, 7) is -0.459. The van der Waals surface area contributed by atoms with Crippen LogP contribution in [-0.2, 0) is 6.54 Å². The van der Waals surface area contributed by atoms with Crippen LogP contribution in [0, 0.1) is 0 Å². The average molecular weight is 422 g/mol. The predicted molar refractivity (Wildman–Crippen MR) is 105 cm³/mol. The second-order valence-electron chi connectivity index (χ2n) is 5.98. The van der Waals surface area contributed by atoms with Gasteiger partial charge in [0.1, 0.15) is 0 Å². The van der Waals surface area contributed by atoms with Crippen LogP contribution in [0.15, 0.2) is 54.9 Å². The van der Waals surface area contributed by atoms with Gasteiger partial charge in [-0.3, -0.25) is 9.48 Å². The first-order chi connectivity index (χ1) is 13.9. The minimum Gasteiger partial charge on any atom is -0.490 e. The van der Waals surface area contributed by atoms with Gasteiger partial charge < -0.3 is 14.8 Å². The molecule has 152 valence electrons. The highest BCUT2D eigenvalue weighted by molar-refractivity contribution is 6.30. The largest absolute Gasteiger partial charge is 0.490 e. The lowest BCUT2D eigenvalue weighted by Gasteiger charge is -2.13. The molecule has 1 aromatic heterocycles. The van der Waals surface area contributed by atoms with Crippen molar-refractivity contribution < 1.29 is 23.0 Å². The van der Waals surface area contributed by atoms with Crippen molar-refractivity contribution in [3.05, 3.63) is 71.0 Å². The molecule has 0 aliphatic rings. The van der Waals surface area contributed by atoms with Crippen LogP contribution in [0.5, 0.6) is 11.5 Å². The van der Waals surface area contributed by atoms with Crippen LogP contribution in [-0.4, -0.2) is 28.9 Å². The van der Waals surface area contributed by atoms with Crippen molar-refractivity contribution >= 4 is 23.2 Å². The number of amides is 1. The van der Waals surface area contributed by atoms with Crippen LogP contribution in [0.4, 0.5) is 14.5 Å². The molecule has 0 spiro atoms. The number of carbonyl (C=O) groups is 1. The van der Waals surface area contributed by atoms with Gasteiger partial charge in [-0.25, -0.2) is 0 Å². The Hall–Kier alpha value is -3.13. The molecule has 1 amide bonds. The van der Waals surface area contributed by atoms with Crippen LogP contribution in [0.25, 0.3) is 0 Å². The van der Waals surface area contributed by atoms with Crippen molar-refractivity contribution in [3.63, 3.8) is 0 Å². The van der Waals surface area contributed by atoms with E-state index in [9.17, 15) is 13.6 Å². The number of ether oxygens (including phenoxy) is 2. The van der Waals surface area contributed by atoms with Gasteiger partial charge in [-0.1, -0.05) is 23.7 Å². The fourth-order valence-corrected chi connectivity index (χ4v) is 2.78. The SMILES string of the molecule is CCOc1cc(NC(=O)c2ccc(Cn3cc(Cl)cn3)cc2)ccc1OC(F)F. The van der Waals surface area contributed by atoms with Gasteiger partial charge in [-0.05, 0) is 36.8 Å². The predicted octanol–water partition coefficient (Wildman–Crippen LogP) is 4.84. The quantitative estimate of drug-likeness (QED) is 0.565. The summed E-state index contributed by atoms with van der Waals surface area (Å²) >= 11 is 5.85. The Labute approximate surface area is 171 Å². The van der Waals surface area contributed by atoms with E-state index in [1.165, 1.54) is 18.2 Å². The molecular formula is C20H18ClF2N3O3. The Morgan fingerprint density at radius 2 is 1.97 bits per heavy atom. The van der Waals surface area contributed by atoms with Gasteiger partial charge in [-0.15, -0.1) is 0 Å². The Kier molecular flexibility index (Phi) is 6.66. The molecule has 0 bridgehead atoms. The number of hydrogen-bond donors (Lipinski definition) is 1. The molecule has 6 nitrogen and oxygen atoms in total. The highest BCUT2D eigenvalue weighted by Crippen LogP contribution is 2.32. The number of halogens is 3. The van der Waals surface area contributed by atoms with Gasteiger partial charge in [-0.2, -0.15) is 13.9 Å². The highest BCUT2D eigenvalue weighted by Gasteiger charge is 2.13. The zero-order valence-corrected chi connectivity index (χ0v) is 16.2. The zero-order valence-electron chi connectivity index (χ0n) is 15.4. The Morgan fingerprint density at radius 1 is 1.21 bits per heavy atom. The second-order valence-corrected chi connectivity index (χ2v) is 6.42. The first kappa shape index (κ1) is 20.6. The molecule has 1 N–H and O–H groups in total. The van der Waals surface area contributed by atoms with Gasteiger partial charge in [0.15, 0.2) is 11.5 Å². The number of hydrogen-bond acceptors (Lipinski definition) is 4. The van der Waals surface area contributed by atoms with Crippen molar-refractivity contribution in [2.24, 2.45) is 0 Å². The lowest BCUT2D eigenvalue weighted by atomic mass is 10.1. The van der Waals surface area contributed by atoms with Gasteiger partial charge >= 0.3 is 6.61 Å². The van der Waals surface area contributed by atoms with Gasteiger partial charge in [0.05, 0.1) is 24.4 Å². The normalized spacial score (nSPS) is 10.8. The fraction of sp³-hybridized carbons (Fsp3) is 0.200. The number of alkyl halides is 2. The molecule has 29 heavy (non-hydrogen) atoms. The molecule has 0 saturated carbocycles. The Morgan fingerprint density at radius 3 is 2.59 bits per heavy atom. The summed E-state index contributed by atoms with van der Waals surface area (Å²) in [4.78, 5) is 12.5. The first-order valence-electron chi connectivity index (χ1n) is 8.74. The minimum atomic E-state index is -2.97. The third kappa shape index (κ3) is 5.68. The van der Waals surface area contributed by atoms with Crippen LogP contribution < -0.4 is 14.8 Å². The molecule has 2 aromatic carbocycles. The summed E-state index contributed by atoms with van der Waals surface area (Å²) in [5.74, 6) is -0.314. The summed E-state index contributed by atoms with van der Waals surface area (Å²) in [6.07, 6.45) is 3.26. The maximum Gasteiger partial charge on any atom is 0.387 e. The van der Waals surface area contributed by atoms with Gasteiger partial charge in [0.2, 0.25) is 0 Å². The molecule has 0 radical (unpaired) electrons. The van der Waals surface area contributed by atoms with Gasteiger partial charge in [0, 0.05) is 23.5 Å². The molecule has 3 aromatic rings. The number of benzene rings is 2. The fourth-order valence-electron chi connectivity index (χ4n) is 2.62. The van der Waals surface area contributed by atoms with Crippen LogP contribution in [0.2, 0.25) is 5.02 Å². The Balaban J connectivity index is 1.68. The number of carbonyl (C=O) groups excluding carboxylic acids is 1. The summed E-state index contributed by atoms with van der Waals surface area (Å²) in [5.41, 5.74) is 1.79. The summed E-state index contributed by atoms with van der Waals surface area (Å²) in [5, 5.41) is 7.38. The van der Waals surface area contributed by atoms with E-state index in [1.807, 2.05) is 12.1 Å². The molecule has 9 heteroatoms. The highest BCUT2D eigenvalue weighted by atomic mass is 35.5. The Bertz CT molecular complexity index is 977. The molecule has 0 aliphatic heterocycles. The number of nitrogens with zero attached hydrogens (tertiary/aromatic N) is 2. The van der Waals surface area contributed by atoms with E-state index in [2.05, 4.69) is 15.2 Å². The number of nitrogens with one attached hydrogen (secondary N) is 1. The molecular weight excluding hydrogens is 404 g/mol. The van der Waals surface area contributed by atoms with Crippen molar-refractivity contribution in [2.45, 2.75) is 20.1 Å². The van der Waals surface area contributed by atoms with Crippen LogP contribution >= 0.6 is 11.6 Å². The monoisotopic (exact) mass is 421 g/mol. The molecule has 0 saturated heterocycles. The lowest BCUT2D eigenvalue weighted by Crippen LogP contribution is -2.12. The van der Waals surface area contributed by atoms with Crippen molar-refractivity contribution in [1.82, 2.24) is 9.78 Å². The van der Waals surface area contributed by atoms with Crippen LogP contribution in [0.1, 0.15) is 22.8 Å². The summed E-state index contributed by atoms with van der Waals surface area (Å²) in [7, 11) is 0. The third-order valence-corrected chi connectivity index (χ3v) is 4.08. The second kappa shape index (κ2) is 9.38. The molecule has 1 heterocycles. The molecule has 0 atom stereocenters. The number of rotatable bonds is 8.